The number of aliphatic carboxylic acids is 2. The van der Waals surface area contributed by atoms with E-state index in [0.29, 0.717) is 30.3 Å². The molecule has 1 saturated heterocycles. The first-order valence-electron chi connectivity index (χ1n) is 13.0. The topological polar surface area (TPSA) is 146 Å². The summed E-state index contributed by atoms with van der Waals surface area (Å²) in [6, 6.07) is 25.0. The number of carboxylic acids is 2. The molecule has 1 aliphatic heterocycles. The molecule has 2 heterocycles. The maximum absolute atomic E-state index is 11.7. The van der Waals surface area contributed by atoms with Crippen LogP contribution < -0.4 is 15.4 Å². The molecule has 1 aromatic heterocycles. The second-order valence-corrected chi connectivity index (χ2v) is 10.3. The van der Waals surface area contributed by atoms with E-state index in [1.807, 2.05) is 84.9 Å². The molecule has 3 atom stereocenters. The van der Waals surface area contributed by atoms with Gasteiger partial charge in [-0.3, -0.25) is 9.59 Å². The number of para-hydroxylation sites is 1. The van der Waals surface area contributed by atoms with Crippen LogP contribution >= 0.6 is 12.2 Å². The monoisotopic (exact) mass is 573 g/mol. The molecule has 10 heteroatoms. The third-order valence-electron chi connectivity index (χ3n) is 6.79. The van der Waals surface area contributed by atoms with Gasteiger partial charge >= 0.3 is 11.9 Å². The second-order valence-electron chi connectivity index (χ2n) is 9.77. The number of hydrogen-bond acceptors (Lipinski definition) is 7. The number of hydrogen-bond donors (Lipinski definition) is 4. The van der Waals surface area contributed by atoms with E-state index in [2.05, 4.69) is 4.98 Å². The highest BCUT2D eigenvalue weighted by Crippen LogP contribution is 2.31. The zero-order valence-electron chi connectivity index (χ0n) is 22.4. The lowest BCUT2D eigenvalue weighted by Crippen LogP contribution is -2.42. The van der Waals surface area contributed by atoms with Crippen LogP contribution in [0.1, 0.15) is 18.1 Å². The van der Waals surface area contributed by atoms with Gasteiger partial charge in [0.05, 0.1) is 12.5 Å². The van der Waals surface area contributed by atoms with Crippen LogP contribution in [0.25, 0.3) is 10.9 Å². The van der Waals surface area contributed by atoms with Crippen molar-refractivity contribution in [3.63, 3.8) is 0 Å². The van der Waals surface area contributed by atoms with Crippen molar-refractivity contribution in [2.75, 3.05) is 11.4 Å². The summed E-state index contributed by atoms with van der Waals surface area (Å²) in [5, 5.41) is 19.2. The maximum Gasteiger partial charge on any atom is 0.327 e. The predicted molar refractivity (Wildman–Crippen MR) is 160 cm³/mol. The number of nitrogens with one attached hydrogen (secondary N) is 1. The van der Waals surface area contributed by atoms with E-state index in [4.69, 9.17) is 27.8 Å². The van der Waals surface area contributed by atoms with Crippen LogP contribution in [0.2, 0.25) is 0 Å². The summed E-state index contributed by atoms with van der Waals surface area (Å²) in [7, 11) is 0. The largest absolute Gasteiger partial charge is 0.489 e. The Morgan fingerprint density at radius 3 is 2.27 bits per heavy atom. The van der Waals surface area contributed by atoms with Gasteiger partial charge in [0, 0.05) is 15.8 Å². The number of aromatic amines is 1. The minimum absolute atomic E-state index is 0.203. The molecule has 0 bridgehead atoms. The Morgan fingerprint density at radius 2 is 1.66 bits per heavy atom. The number of carbonyl (C=O) groups excluding carboxylic acids is 1. The molecular weight excluding hydrogens is 542 g/mol. The average Bonchev–Trinajstić information content (AvgIpc) is 3.54. The Labute approximate surface area is 242 Å². The van der Waals surface area contributed by atoms with Gasteiger partial charge in [0.15, 0.2) is 0 Å². The molecular formula is C31H31N3O6S. The molecule has 0 saturated carbocycles. The van der Waals surface area contributed by atoms with Gasteiger partial charge in [0.25, 0.3) is 0 Å². The highest BCUT2D eigenvalue weighted by Gasteiger charge is 2.46. The lowest BCUT2D eigenvalue weighted by Gasteiger charge is -2.23. The number of carboxylic acid groups (broad SMARTS) is 2. The number of Topliss-reactive ketones (excluding diaryl/α,β-unsaturated/α-hetero) is 1. The molecule has 0 spiro atoms. The normalized spacial score (nSPS) is 17.0. The molecule has 0 aliphatic carbocycles. The van der Waals surface area contributed by atoms with Crippen LogP contribution in [0, 0.1) is 5.92 Å². The van der Waals surface area contributed by atoms with E-state index in [0.717, 1.165) is 27.8 Å². The Kier molecular flexibility index (Phi) is 9.49. The number of nitrogens with two attached hydrogens (primary N) is 1. The van der Waals surface area contributed by atoms with Crippen molar-refractivity contribution >= 4 is 51.5 Å². The summed E-state index contributed by atoms with van der Waals surface area (Å²) < 4.78 is 5.65. The fraction of sp³-hybridized carbons (Fsp3) is 0.226. The van der Waals surface area contributed by atoms with E-state index in [1.54, 1.807) is 4.90 Å². The Bertz CT molecular complexity index is 1500. The van der Waals surface area contributed by atoms with Crippen LogP contribution in [-0.4, -0.2) is 56.4 Å². The number of rotatable bonds is 9. The number of benzene rings is 3. The van der Waals surface area contributed by atoms with E-state index < -0.39 is 29.9 Å². The number of H-pyrrole nitrogens is 1. The van der Waals surface area contributed by atoms with E-state index >= 15 is 0 Å². The smallest absolute Gasteiger partial charge is 0.327 e. The van der Waals surface area contributed by atoms with Crippen molar-refractivity contribution in [1.29, 1.82) is 0 Å². The van der Waals surface area contributed by atoms with E-state index in [1.165, 1.54) is 6.92 Å². The summed E-state index contributed by atoms with van der Waals surface area (Å²) in [6.45, 7) is 2.19. The Morgan fingerprint density at radius 1 is 1.00 bits per heavy atom. The lowest BCUT2D eigenvalue weighted by atomic mass is 9.96. The molecule has 0 amide bonds. The molecule has 41 heavy (non-hydrogen) atoms. The molecule has 1 aliphatic rings. The van der Waals surface area contributed by atoms with Crippen molar-refractivity contribution in [2.45, 2.75) is 32.0 Å². The molecule has 1 fully saturated rings. The van der Waals surface area contributed by atoms with Crippen molar-refractivity contribution in [1.82, 2.24) is 4.98 Å². The Hall–Kier alpha value is -4.54. The zero-order valence-corrected chi connectivity index (χ0v) is 23.2. The second kappa shape index (κ2) is 13.2. The van der Waals surface area contributed by atoms with Crippen LogP contribution in [-0.2, 0) is 27.4 Å². The standard InChI is InChI=1S/C16H17NO3.C15H14N2O3S/c17-15(16(18)19)10-12-6-8-14(9-7-12)20-11-13-4-2-1-3-5-13;1-8(18)13-11(21)7-17(14(13)15(19)20)12-6-9-4-2-3-5-10(9)16-12/h1-9,15H,10-11,17H2,(H,18,19);2-6,13-14,16H,7H2,1H3,(H,19,20)/t15-;13?,14-/m00/s1. The molecule has 5 N–H and O–H groups in total. The van der Waals surface area contributed by atoms with Crippen molar-refractivity contribution < 1.29 is 29.3 Å². The number of ketones is 1. The van der Waals surface area contributed by atoms with Crippen LogP contribution in [0.15, 0.2) is 84.9 Å². The first kappa shape index (κ1) is 29.4. The number of aromatic nitrogens is 1. The molecule has 3 aromatic carbocycles. The van der Waals surface area contributed by atoms with Gasteiger partial charge < -0.3 is 30.6 Å². The van der Waals surface area contributed by atoms with Gasteiger partial charge in [-0.25, -0.2) is 4.79 Å². The van der Waals surface area contributed by atoms with E-state index in [9.17, 15) is 19.5 Å². The molecule has 9 nitrogen and oxygen atoms in total. The minimum atomic E-state index is -1.03. The SMILES string of the molecule is CC(=O)C1C(=S)CN(c2cc3ccccc3[nH]2)[C@@H]1C(=O)O.N[C@@H](Cc1ccc(OCc2ccccc2)cc1)C(=O)O. The van der Waals surface area contributed by atoms with E-state index in [-0.39, 0.29) is 5.78 Å². The fourth-order valence-corrected chi connectivity index (χ4v) is 5.13. The number of fused-ring (bicyclic) bond motifs is 1. The Balaban J connectivity index is 0.000000189. The van der Waals surface area contributed by atoms with Crippen molar-refractivity contribution in [2.24, 2.45) is 11.7 Å². The quantitative estimate of drug-likeness (QED) is 0.216. The highest BCUT2D eigenvalue weighted by molar-refractivity contribution is 7.80. The van der Waals surface area contributed by atoms with Crippen LogP contribution in [0.3, 0.4) is 0 Å². The maximum atomic E-state index is 11.7. The first-order chi connectivity index (χ1) is 19.6. The number of thiocarbonyl (C=S) groups is 1. The fourth-order valence-electron chi connectivity index (χ4n) is 4.70. The zero-order chi connectivity index (χ0) is 29.5. The van der Waals surface area contributed by atoms with Gasteiger partial charge in [-0.1, -0.05) is 72.9 Å². The predicted octanol–water partition coefficient (Wildman–Crippen LogP) is 4.24. The highest BCUT2D eigenvalue weighted by atomic mass is 32.1. The lowest BCUT2D eigenvalue weighted by molar-refractivity contribution is -0.141. The summed E-state index contributed by atoms with van der Waals surface area (Å²) in [5.41, 5.74) is 8.40. The van der Waals surface area contributed by atoms with Crippen LogP contribution in [0.4, 0.5) is 5.82 Å². The van der Waals surface area contributed by atoms with Gasteiger partial charge in [-0.15, -0.1) is 0 Å². The van der Waals surface area contributed by atoms with Gasteiger partial charge in [-0.2, -0.15) is 0 Å². The summed E-state index contributed by atoms with van der Waals surface area (Å²) in [6.07, 6.45) is 0.314. The molecule has 212 valence electrons. The van der Waals surface area contributed by atoms with Crippen molar-refractivity contribution in [3.8, 4) is 5.75 Å². The third kappa shape index (κ3) is 7.36. The van der Waals surface area contributed by atoms with Gasteiger partial charge in [0.2, 0.25) is 0 Å². The number of nitrogens with zero attached hydrogens (tertiary/aromatic N) is 1. The summed E-state index contributed by atoms with van der Waals surface area (Å²) in [5.74, 6) is -1.53. The minimum Gasteiger partial charge on any atom is -0.489 e. The number of ether oxygens (including phenoxy) is 1. The van der Waals surface area contributed by atoms with Gasteiger partial charge in [0.1, 0.15) is 36.0 Å². The molecule has 1 unspecified atom stereocenters. The average molecular weight is 574 g/mol. The molecule has 4 aromatic rings. The summed E-state index contributed by atoms with van der Waals surface area (Å²) >= 11 is 5.23. The number of carbonyl (C=O) groups is 3. The summed E-state index contributed by atoms with van der Waals surface area (Å²) in [4.78, 5) is 39.3. The molecule has 5 rings (SSSR count). The third-order valence-corrected chi connectivity index (χ3v) is 7.17. The van der Waals surface area contributed by atoms with Crippen molar-refractivity contribution in [3.05, 3.63) is 96.1 Å². The van der Waals surface area contributed by atoms with Crippen LogP contribution in [0.5, 0.6) is 5.75 Å². The first-order valence-corrected chi connectivity index (χ1v) is 13.4. The molecule has 0 radical (unpaired) electrons. The number of anilines is 1. The van der Waals surface area contributed by atoms with Gasteiger partial charge in [-0.05, 0) is 48.7 Å².